The summed E-state index contributed by atoms with van der Waals surface area (Å²) in [5.74, 6) is 0.245. The van der Waals surface area contributed by atoms with Crippen molar-refractivity contribution in [3.8, 4) is 5.75 Å². The zero-order valence-corrected chi connectivity index (χ0v) is 8.94. The van der Waals surface area contributed by atoms with Crippen molar-refractivity contribution >= 4 is 6.47 Å². The predicted octanol–water partition coefficient (Wildman–Crippen LogP) is 0.303. The van der Waals surface area contributed by atoms with E-state index in [4.69, 9.17) is 5.26 Å². The van der Waals surface area contributed by atoms with Gasteiger partial charge in [-0.3, -0.25) is 4.79 Å². The minimum Gasteiger partial charge on any atom is -0.435 e. The van der Waals surface area contributed by atoms with Gasteiger partial charge < -0.3 is 19.8 Å². The van der Waals surface area contributed by atoms with Gasteiger partial charge in [-0.25, -0.2) is 5.26 Å². The second-order valence-corrected chi connectivity index (χ2v) is 3.25. The summed E-state index contributed by atoms with van der Waals surface area (Å²) >= 11 is 0. The summed E-state index contributed by atoms with van der Waals surface area (Å²) in [5.41, 5.74) is 0.871. The lowest BCUT2D eigenvalue weighted by Gasteiger charge is -2.17. The first-order chi connectivity index (χ1) is 8.10. The van der Waals surface area contributed by atoms with Crippen LogP contribution in [0.1, 0.15) is 17.2 Å². The number of aliphatic hydroxyl groups is 2. The smallest absolute Gasteiger partial charge is 0.295 e. The molecule has 1 aromatic carbocycles. The Balaban J connectivity index is 2.85. The maximum absolute atomic E-state index is 10.00. The molecule has 0 radical (unpaired) electrons. The molecule has 0 spiro atoms. The Bertz CT molecular complexity index is 379. The molecule has 0 saturated carbocycles. The molecule has 0 saturated heterocycles. The average Bonchev–Trinajstić information content (AvgIpc) is 2.31. The van der Waals surface area contributed by atoms with Crippen LogP contribution in [0.4, 0.5) is 0 Å². The van der Waals surface area contributed by atoms with Crippen LogP contribution >= 0.6 is 0 Å². The Morgan fingerprint density at radius 3 is 2.59 bits per heavy atom. The molecular weight excluding hydrogens is 232 g/mol. The van der Waals surface area contributed by atoms with Crippen molar-refractivity contribution in [2.24, 2.45) is 0 Å². The van der Waals surface area contributed by atoms with E-state index in [9.17, 15) is 15.0 Å². The standard InChI is InChI=1S/C10H12O7/c1-6-4-7(2-3-8(6)16-17-14)9(12)10(13)15-5-11/h2-5,9-10,12-14H,1H3. The molecule has 0 fully saturated rings. The fraction of sp³-hybridized carbons (Fsp3) is 0.300. The highest BCUT2D eigenvalue weighted by atomic mass is 17.5. The van der Waals surface area contributed by atoms with Gasteiger partial charge in [0.1, 0.15) is 6.10 Å². The van der Waals surface area contributed by atoms with Crippen molar-refractivity contribution < 1.29 is 34.9 Å². The topological polar surface area (TPSA) is 105 Å². The van der Waals surface area contributed by atoms with Crippen LogP contribution in [0.5, 0.6) is 5.75 Å². The summed E-state index contributed by atoms with van der Waals surface area (Å²) in [6.07, 6.45) is -3.02. The second kappa shape index (κ2) is 6.16. The molecule has 1 rings (SSSR count). The molecule has 2 atom stereocenters. The van der Waals surface area contributed by atoms with Crippen LogP contribution in [0.3, 0.4) is 0 Å². The van der Waals surface area contributed by atoms with E-state index in [1.807, 2.05) is 0 Å². The van der Waals surface area contributed by atoms with E-state index in [2.05, 4.69) is 14.7 Å². The third kappa shape index (κ3) is 3.40. The molecule has 1 aromatic rings. The van der Waals surface area contributed by atoms with Crippen molar-refractivity contribution in [2.45, 2.75) is 19.3 Å². The summed E-state index contributed by atoms with van der Waals surface area (Å²) in [7, 11) is 0. The highest BCUT2D eigenvalue weighted by Crippen LogP contribution is 2.24. The van der Waals surface area contributed by atoms with Gasteiger partial charge >= 0.3 is 0 Å². The fourth-order valence-corrected chi connectivity index (χ4v) is 1.29. The van der Waals surface area contributed by atoms with Crippen LogP contribution in [-0.2, 0) is 14.6 Å². The quantitative estimate of drug-likeness (QED) is 0.286. The van der Waals surface area contributed by atoms with Crippen molar-refractivity contribution in [3.63, 3.8) is 0 Å². The SMILES string of the molecule is Cc1cc(C(O)C(O)OC=O)ccc1OOO. The van der Waals surface area contributed by atoms with E-state index in [1.165, 1.54) is 18.2 Å². The summed E-state index contributed by atoms with van der Waals surface area (Å²) in [6, 6.07) is 4.32. The minimum absolute atomic E-state index is 0.0395. The molecule has 94 valence electrons. The number of carbonyl (C=O) groups excluding carboxylic acids is 1. The molecule has 0 aromatic heterocycles. The average molecular weight is 244 g/mol. The monoisotopic (exact) mass is 244 g/mol. The molecule has 7 heteroatoms. The lowest BCUT2D eigenvalue weighted by atomic mass is 10.1. The minimum atomic E-state index is -1.65. The summed E-state index contributed by atoms with van der Waals surface area (Å²) in [5, 5.41) is 30.5. The van der Waals surface area contributed by atoms with E-state index in [1.54, 1.807) is 6.92 Å². The Kier molecular flexibility index (Phi) is 4.85. The Hall–Kier alpha value is -1.67. The Morgan fingerprint density at radius 1 is 1.35 bits per heavy atom. The van der Waals surface area contributed by atoms with Crippen LogP contribution in [-0.4, -0.2) is 28.2 Å². The summed E-state index contributed by atoms with van der Waals surface area (Å²) in [4.78, 5) is 14.4. The van der Waals surface area contributed by atoms with Gasteiger partial charge in [0.05, 0.1) is 0 Å². The van der Waals surface area contributed by atoms with Gasteiger partial charge in [0.15, 0.2) is 5.75 Å². The number of aryl methyl sites for hydroxylation is 1. The largest absolute Gasteiger partial charge is 0.435 e. The lowest BCUT2D eigenvalue weighted by Crippen LogP contribution is -2.21. The molecule has 17 heavy (non-hydrogen) atoms. The van der Waals surface area contributed by atoms with Crippen LogP contribution in [0.15, 0.2) is 18.2 Å². The van der Waals surface area contributed by atoms with Gasteiger partial charge in [0.2, 0.25) is 6.29 Å². The van der Waals surface area contributed by atoms with Crippen LogP contribution in [0.25, 0.3) is 0 Å². The first kappa shape index (κ1) is 13.4. The molecular formula is C10H12O7. The van der Waals surface area contributed by atoms with Crippen LogP contribution in [0, 0.1) is 6.92 Å². The number of rotatable bonds is 6. The van der Waals surface area contributed by atoms with Crippen molar-refractivity contribution in [1.82, 2.24) is 0 Å². The van der Waals surface area contributed by atoms with Gasteiger partial charge in [-0.15, -0.1) is 0 Å². The summed E-state index contributed by atoms with van der Waals surface area (Å²) < 4.78 is 4.20. The van der Waals surface area contributed by atoms with Crippen LogP contribution < -0.4 is 4.89 Å². The zero-order valence-electron chi connectivity index (χ0n) is 8.94. The van der Waals surface area contributed by atoms with Crippen molar-refractivity contribution in [2.75, 3.05) is 0 Å². The Labute approximate surface area is 96.6 Å². The summed E-state index contributed by atoms with van der Waals surface area (Å²) in [6.45, 7) is 1.68. The first-order valence-electron chi connectivity index (χ1n) is 4.64. The molecule has 0 aliphatic rings. The highest BCUT2D eigenvalue weighted by Gasteiger charge is 2.20. The first-order valence-corrected chi connectivity index (χ1v) is 4.64. The van der Waals surface area contributed by atoms with E-state index in [0.717, 1.165) is 0 Å². The van der Waals surface area contributed by atoms with E-state index >= 15 is 0 Å². The van der Waals surface area contributed by atoms with Gasteiger partial charge in [0, 0.05) is 0 Å². The highest BCUT2D eigenvalue weighted by molar-refractivity contribution is 5.39. The number of ether oxygens (including phenoxy) is 1. The van der Waals surface area contributed by atoms with Gasteiger partial charge in [0.25, 0.3) is 6.47 Å². The Morgan fingerprint density at radius 2 is 2.06 bits per heavy atom. The van der Waals surface area contributed by atoms with E-state index in [-0.39, 0.29) is 12.2 Å². The van der Waals surface area contributed by atoms with Crippen LogP contribution in [0.2, 0.25) is 0 Å². The molecule has 3 N–H and O–H groups in total. The molecule has 2 unspecified atom stereocenters. The number of hydrogen-bond donors (Lipinski definition) is 3. The zero-order chi connectivity index (χ0) is 12.8. The van der Waals surface area contributed by atoms with Crippen molar-refractivity contribution in [3.05, 3.63) is 29.3 Å². The number of carbonyl (C=O) groups is 1. The van der Waals surface area contributed by atoms with E-state index in [0.29, 0.717) is 11.1 Å². The third-order valence-electron chi connectivity index (χ3n) is 2.13. The normalized spacial score (nSPS) is 13.9. The number of hydrogen-bond acceptors (Lipinski definition) is 7. The maximum Gasteiger partial charge on any atom is 0.295 e. The van der Waals surface area contributed by atoms with Gasteiger partial charge in [-0.2, -0.15) is 0 Å². The van der Waals surface area contributed by atoms with Gasteiger partial charge in [-0.05, 0) is 35.2 Å². The second-order valence-electron chi connectivity index (χ2n) is 3.25. The molecule has 0 amide bonds. The molecule has 0 aliphatic carbocycles. The molecule has 7 nitrogen and oxygen atoms in total. The van der Waals surface area contributed by atoms with Crippen molar-refractivity contribution in [1.29, 1.82) is 0 Å². The third-order valence-corrected chi connectivity index (χ3v) is 2.13. The maximum atomic E-state index is 10.00. The predicted molar refractivity (Wildman–Crippen MR) is 53.6 cm³/mol. The fourth-order valence-electron chi connectivity index (χ4n) is 1.29. The molecule has 0 bridgehead atoms. The molecule has 0 aliphatic heterocycles. The number of aliphatic hydroxyl groups excluding tert-OH is 2. The number of benzene rings is 1. The van der Waals surface area contributed by atoms with Gasteiger partial charge in [-0.1, -0.05) is 6.07 Å². The molecule has 0 heterocycles. The lowest BCUT2D eigenvalue weighted by molar-refractivity contribution is -0.439. The van der Waals surface area contributed by atoms with E-state index < -0.39 is 12.4 Å².